The van der Waals surface area contributed by atoms with Crippen LogP contribution in [0.3, 0.4) is 0 Å². The molecule has 1 aromatic carbocycles. The molecule has 0 spiro atoms. The Balaban J connectivity index is 2.40. The smallest absolute Gasteiger partial charge is 0.154 e. The fourth-order valence-electron chi connectivity index (χ4n) is 2.67. The van der Waals surface area contributed by atoms with E-state index in [1.54, 1.807) is 13.0 Å². The first kappa shape index (κ1) is 17.5. The minimum absolute atomic E-state index is 0.0505. The number of aromatic hydroxyl groups is 2. The van der Waals surface area contributed by atoms with Crippen LogP contribution in [-0.4, -0.2) is 16.5 Å². The predicted octanol–water partition coefficient (Wildman–Crippen LogP) is 4.90. The van der Waals surface area contributed by atoms with Crippen molar-refractivity contribution in [3.63, 3.8) is 0 Å². The lowest BCUT2D eigenvalue weighted by molar-refractivity contribution is 0.112. The van der Waals surface area contributed by atoms with Crippen molar-refractivity contribution in [3.05, 3.63) is 22.8 Å². The number of unbranched alkanes of at least 4 members (excludes halogenated alkanes) is 7. The van der Waals surface area contributed by atoms with Gasteiger partial charge in [0.25, 0.3) is 0 Å². The second kappa shape index (κ2) is 9.43. The zero-order valence-electron chi connectivity index (χ0n) is 13.3. The van der Waals surface area contributed by atoms with Gasteiger partial charge in [-0.3, -0.25) is 4.79 Å². The molecule has 0 heterocycles. The summed E-state index contributed by atoms with van der Waals surface area (Å²) in [5.41, 5.74) is 1.41. The Hall–Kier alpha value is -1.51. The molecule has 0 radical (unpaired) electrons. The van der Waals surface area contributed by atoms with Crippen LogP contribution in [0, 0.1) is 6.92 Å². The summed E-state index contributed by atoms with van der Waals surface area (Å²) in [5, 5.41) is 20.0. The molecule has 1 rings (SSSR count). The third-order valence-corrected chi connectivity index (χ3v) is 4.03. The van der Waals surface area contributed by atoms with Crippen molar-refractivity contribution in [1.29, 1.82) is 0 Å². The van der Waals surface area contributed by atoms with E-state index in [9.17, 15) is 15.0 Å². The van der Waals surface area contributed by atoms with E-state index in [0.29, 0.717) is 29.4 Å². The van der Waals surface area contributed by atoms with Gasteiger partial charge in [0.15, 0.2) is 6.29 Å². The summed E-state index contributed by atoms with van der Waals surface area (Å²) in [6.07, 6.45) is 10.9. The van der Waals surface area contributed by atoms with Crippen LogP contribution in [-0.2, 0) is 6.42 Å². The largest absolute Gasteiger partial charge is 0.508 e. The zero-order valence-corrected chi connectivity index (χ0v) is 13.3. The molecule has 0 aromatic heterocycles. The van der Waals surface area contributed by atoms with E-state index in [2.05, 4.69) is 6.92 Å². The number of aryl methyl sites for hydroxylation is 1. The summed E-state index contributed by atoms with van der Waals surface area (Å²) in [5.74, 6) is 0.0454. The molecule has 0 aliphatic rings. The normalized spacial score (nSPS) is 10.8. The fraction of sp³-hybridized carbons (Fsp3) is 0.611. The van der Waals surface area contributed by atoms with Crippen molar-refractivity contribution in [1.82, 2.24) is 0 Å². The van der Waals surface area contributed by atoms with Gasteiger partial charge in [0.05, 0.1) is 5.56 Å². The molecule has 2 N–H and O–H groups in total. The highest BCUT2D eigenvalue weighted by Crippen LogP contribution is 2.33. The van der Waals surface area contributed by atoms with E-state index in [1.807, 2.05) is 0 Å². The van der Waals surface area contributed by atoms with Crippen molar-refractivity contribution in [3.8, 4) is 11.5 Å². The summed E-state index contributed by atoms with van der Waals surface area (Å²) < 4.78 is 0. The second-order valence-electron chi connectivity index (χ2n) is 5.80. The van der Waals surface area contributed by atoms with Crippen LogP contribution < -0.4 is 0 Å². The van der Waals surface area contributed by atoms with Crippen LogP contribution in [0.25, 0.3) is 0 Å². The first-order valence-electron chi connectivity index (χ1n) is 8.11. The predicted molar refractivity (Wildman–Crippen MR) is 86.2 cm³/mol. The van der Waals surface area contributed by atoms with Gasteiger partial charge < -0.3 is 10.2 Å². The monoisotopic (exact) mass is 292 g/mol. The van der Waals surface area contributed by atoms with Gasteiger partial charge in [0.2, 0.25) is 0 Å². The maximum atomic E-state index is 11.0. The Bertz CT molecular complexity index is 452. The van der Waals surface area contributed by atoms with E-state index >= 15 is 0 Å². The molecule has 0 bridgehead atoms. The van der Waals surface area contributed by atoms with Crippen LogP contribution >= 0.6 is 0 Å². The number of rotatable bonds is 10. The maximum absolute atomic E-state index is 11.0. The van der Waals surface area contributed by atoms with Gasteiger partial charge in [-0.1, -0.05) is 51.9 Å². The second-order valence-corrected chi connectivity index (χ2v) is 5.80. The lowest BCUT2D eigenvalue weighted by Crippen LogP contribution is -1.95. The Labute approximate surface area is 128 Å². The quantitative estimate of drug-likeness (QED) is 0.476. The third-order valence-electron chi connectivity index (χ3n) is 4.03. The number of hydrogen-bond donors (Lipinski definition) is 2. The topological polar surface area (TPSA) is 57.5 Å². The molecule has 0 saturated carbocycles. The standard InChI is InChI=1S/C18H28O3/c1-3-4-5-6-7-8-9-10-11-15-17(20)12-14(2)16(13-19)18(15)21/h12-13,20-21H,3-11H2,1-2H3. The summed E-state index contributed by atoms with van der Waals surface area (Å²) >= 11 is 0. The molecule has 21 heavy (non-hydrogen) atoms. The van der Waals surface area contributed by atoms with Gasteiger partial charge in [0, 0.05) is 5.56 Å². The highest BCUT2D eigenvalue weighted by molar-refractivity contribution is 5.83. The van der Waals surface area contributed by atoms with E-state index in [0.717, 1.165) is 12.8 Å². The highest BCUT2D eigenvalue weighted by atomic mass is 16.3. The molecule has 0 atom stereocenters. The van der Waals surface area contributed by atoms with E-state index < -0.39 is 0 Å². The average Bonchev–Trinajstić information content (AvgIpc) is 2.45. The number of benzene rings is 1. The van der Waals surface area contributed by atoms with Crippen LogP contribution in [0.15, 0.2) is 6.07 Å². The highest BCUT2D eigenvalue weighted by Gasteiger charge is 2.14. The summed E-state index contributed by atoms with van der Waals surface area (Å²) in [4.78, 5) is 11.0. The first-order chi connectivity index (χ1) is 10.1. The third kappa shape index (κ3) is 5.41. The van der Waals surface area contributed by atoms with Crippen LogP contribution in [0.1, 0.15) is 79.8 Å². The number of aldehydes is 1. The van der Waals surface area contributed by atoms with Crippen molar-refractivity contribution >= 4 is 6.29 Å². The number of carbonyl (C=O) groups is 1. The minimum Gasteiger partial charge on any atom is -0.508 e. The van der Waals surface area contributed by atoms with Crippen molar-refractivity contribution < 1.29 is 15.0 Å². The molecule has 0 amide bonds. The van der Waals surface area contributed by atoms with Crippen molar-refractivity contribution in [2.24, 2.45) is 0 Å². The van der Waals surface area contributed by atoms with Crippen molar-refractivity contribution in [2.45, 2.75) is 71.6 Å². The molecular formula is C18H28O3. The Morgan fingerprint density at radius 3 is 2.14 bits per heavy atom. The molecular weight excluding hydrogens is 264 g/mol. The molecule has 0 aliphatic carbocycles. The lowest BCUT2D eigenvalue weighted by Gasteiger charge is -2.11. The van der Waals surface area contributed by atoms with Gasteiger partial charge in [-0.25, -0.2) is 0 Å². The Morgan fingerprint density at radius 2 is 1.57 bits per heavy atom. The Kier molecular flexibility index (Phi) is 7.88. The first-order valence-corrected chi connectivity index (χ1v) is 8.11. The molecule has 118 valence electrons. The molecule has 0 fully saturated rings. The molecule has 0 saturated heterocycles. The lowest BCUT2D eigenvalue weighted by atomic mass is 9.98. The van der Waals surface area contributed by atoms with E-state index in [-0.39, 0.29) is 11.5 Å². The maximum Gasteiger partial charge on any atom is 0.154 e. The molecule has 0 unspecified atom stereocenters. The number of hydrogen-bond acceptors (Lipinski definition) is 3. The molecule has 3 heteroatoms. The molecule has 1 aromatic rings. The van der Waals surface area contributed by atoms with Gasteiger partial charge in [-0.15, -0.1) is 0 Å². The molecule has 0 aliphatic heterocycles. The fourth-order valence-corrected chi connectivity index (χ4v) is 2.67. The minimum atomic E-state index is -0.0505. The SMILES string of the molecule is CCCCCCCCCCc1c(O)cc(C)c(C=O)c1O. The van der Waals surface area contributed by atoms with E-state index in [1.165, 1.54) is 38.5 Å². The van der Waals surface area contributed by atoms with Crippen LogP contribution in [0.2, 0.25) is 0 Å². The number of carbonyl (C=O) groups excluding carboxylic acids is 1. The van der Waals surface area contributed by atoms with Gasteiger partial charge in [-0.05, 0) is 31.4 Å². The molecule has 3 nitrogen and oxygen atoms in total. The van der Waals surface area contributed by atoms with Gasteiger partial charge in [-0.2, -0.15) is 0 Å². The van der Waals surface area contributed by atoms with Gasteiger partial charge in [0.1, 0.15) is 11.5 Å². The summed E-state index contributed by atoms with van der Waals surface area (Å²) in [7, 11) is 0. The summed E-state index contributed by atoms with van der Waals surface area (Å²) in [6, 6.07) is 1.56. The van der Waals surface area contributed by atoms with Gasteiger partial charge >= 0.3 is 0 Å². The number of phenols is 2. The van der Waals surface area contributed by atoms with Crippen LogP contribution in [0.5, 0.6) is 11.5 Å². The Morgan fingerprint density at radius 1 is 1.00 bits per heavy atom. The van der Waals surface area contributed by atoms with Crippen LogP contribution in [0.4, 0.5) is 0 Å². The zero-order chi connectivity index (χ0) is 15.7. The van der Waals surface area contributed by atoms with E-state index in [4.69, 9.17) is 0 Å². The number of phenolic OH excluding ortho intramolecular Hbond substituents is 2. The van der Waals surface area contributed by atoms with Crippen molar-refractivity contribution in [2.75, 3.05) is 0 Å². The average molecular weight is 292 g/mol. The summed E-state index contributed by atoms with van der Waals surface area (Å²) in [6.45, 7) is 3.93.